The highest BCUT2D eigenvalue weighted by atomic mass is 14.9. The Morgan fingerprint density at radius 3 is 2.14 bits per heavy atom. The molecule has 0 unspecified atom stereocenters. The van der Waals surface area contributed by atoms with E-state index in [1.54, 1.807) is 0 Å². The first-order valence-corrected chi connectivity index (χ1v) is 6.68. The van der Waals surface area contributed by atoms with E-state index in [1.165, 1.54) is 70.8 Å². The van der Waals surface area contributed by atoms with Gasteiger partial charge in [-0.05, 0) is 31.7 Å². The second-order valence-corrected chi connectivity index (χ2v) is 5.23. The first-order valence-electron chi connectivity index (χ1n) is 6.68. The Morgan fingerprint density at radius 2 is 1.43 bits per heavy atom. The Balaban J connectivity index is 1.52. The smallest absolute Gasteiger partial charge is 0.00670 e. The first-order chi connectivity index (χ1) is 6.95. The van der Waals surface area contributed by atoms with E-state index in [1.807, 2.05) is 0 Å². The van der Waals surface area contributed by atoms with Gasteiger partial charge in [-0.2, -0.15) is 0 Å². The van der Waals surface area contributed by atoms with Crippen LogP contribution in [0.15, 0.2) is 0 Å². The molecule has 82 valence electrons. The van der Waals surface area contributed by atoms with Crippen molar-refractivity contribution in [3.63, 3.8) is 0 Å². The molecule has 14 heavy (non-hydrogen) atoms. The number of hydrogen-bond acceptors (Lipinski definition) is 1. The summed E-state index contributed by atoms with van der Waals surface area (Å²) in [5, 5.41) is 3.75. The molecule has 1 nitrogen and oxygen atoms in total. The summed E-state index contributed by atoms with van der Waals surface area (Å²) < 4.78 is 0. The molecule has 0 aromatic heterocycles. The standard InChI is InChI=1S/C13H25N/c1-2-8-13(9-3-1)14-11-10-12-6-4-5-7-12/h12-14H,1-11H2. The van der Waals surface area contributed by atoms with Crippen molar-refractivity contribution in [2.24, 2.45) is 5.92 Å². The zero-order valence-electron chi connectivity index (χ0n) is 9.43. The zero-order valence-corrected chi connectivity index (χ0v) is 9.43. The lowest BCUT2D eigenvalue weighted by atomic mass is 9.95. The van der Waals surface area contributed by atoms with E-state index in [2.05, 4.69) is 5.32 Å². The Morgan fingerprint density at radius 1 is 0.786 bits per heavy atom. The van der Waals surface area contributed by atoms with Gasteiger partial charge in [-0.1, -0.05) is 44.9 Å². The van der Waals surface area contributed by atoms with Crippen molar-refractivity contribution in [3.05, 3.63) is 0 Å². The quantitative estimate of drug-likeness (QED) is 0.724. The molecule has 2 rings (SSSR count). The third-order valence-electron chi connectivity index (χ3n) is 4.07. The van der Waals surface area contributed by atoms with Gasteiger partial charge < -0.3 is 5.32 Å². The van der Waals surface area contributed by atoms with Crippen LogP contribution in [0.2, 0.25) is 0 Å². The largest absolute Gasteiger partial charge is 0.314 e. The molecule has 0 aromatic rings. The summed E-state index contributed by atoms with van der Waals surface area (Å²) in [6.07, 6.45) is 14.7. The second-order valence-electron chi connectivity index (χ2n) is 5.23. The van der Waals surface area contributed by atoms with E-state index < -0.39 is 0 Å². The van der Waals surface area contributed by atoms with E-state index in [4.69, 9.17) is 0 Å². The van der Waals surface area contributed by atoms with Crippen molar-refractivity contribution < 1.29 is 0 Å². The maximum Gasteiger partial charge on any atom is 0.00670 e. The fourth-order valence-corrected chi connectivity index (χ4v) is 3.10. The third-order valence-corrected chi connectivity index (χ3v) is 4.07. The van der Waals surface area contributed by atoms with Gasteiger partial charge in [0.2, 0.25) is 0 Å². The fraction of sp³-hybridized carbons (Fsp3) is 1.00. The van der Waals surface area contributed by atoms with Gasteiger partial charge in [0.1, 0.15) is 0 Å². The van der Waals surface area contributed by atoms with Gasteiger partial charge in [-0.3, -0.25) is 0 Å². The van der Waals surface area contributed by atoms with E-state index in [0.29, 0.717) is 0 Å². The highest BCUT2D eigenvalue weighted by Gasteiger charge is 2.16. The predicted molar refractivity (Wildman–Crippen MR) is 61.5 cm³/mol. The Labute approximate surface area is 88.7 Å². The van der Waals surface area contributed by atoms with Gasteiger partial charge in [-0.25, -0.2) is 0 Å². The number of rotatable bonds is 4. The summed E-state index contributed by atoms with van der Waals surface area (Å²) in [6.45, 7) is 1.29. The lowest BCUT2D eigenvalue weighted by Gasteiger charge is -2.23. The average Bonchev–Trinajstić information content (AvgIpc) is 2.72. The average molecular weight is 195 g/mol. The van der Waals surface area contributed by atoms with E-state index >= 15 is 0 Å². The molecule has 1 N–H and O–H groups in total. The van der Waals surface area contributed by atoms with Crippen LogP contribution in [0.1, 0.15) is 64.2 Å². The summed E-state index contributed by atoms with van der Waals surface area (Å²) >= 11 is 0. The van der Waals surface area contributed by atoms with Crippen LogP contribution < -0.4 is 5.32 Å². The molecule has 0 aromatic carbocycles. The van der Waals surface area contributed by atoms with Crippen LogP contribution in [0.5, 0.6) is 0 Å². The molecule has 1 heteroatoms. The molecular formula is C13H25N. The van der Waals surface area contributed by atoms with Crippen LogP contribution in [-0.2, 0) is 0 Å². The zero-order chi connectivity index (χ0) is 9.64. The van der Waals surface area contributed by atoms with Gasteiger partial charge in [0.15, 0.2) is 0 Å². The summed E-state index contributed by atoms with van der Waals surface area (Å²) in [7, 11) is 0. The van der Waals surface area contributed by atoms with E-state index in [9.17, 15) is 0 Å². The van der Waals surface area contributed by atoms with Gasteiger partial charge in [0, 0.05) is 6.04 Å². The molecule has 0 bridgehead atoms. The van der Waals surface area contributed by atoms with Crippen LogP contribution in [-0.4, -0.2) is 12.6 Å². The summed E-state index contributed by atoms with van der Waals surface area (Å²) in [4.78, 5) is 0. The van der Waals surface area contributed by atoms with Gasteiger partial charge in [0.25, 0.3) is 0 Å². The molecule has 0 radical (unpaired) electrons. The first kappa shape index (κ1) is 10.5. The van der Waals surface area contributed by atoms with Crippen molar-refractivity contribution in [3.8, 4) is 0 Å². The maximum absolute atomic E-state index is 3.75. The lowest BCUT2D eigenvalue weighted by molar-refractivity contribution is 0.357. The third kappa shape index (κ3) is 3.27. The molecule has 0 atom stereocenters. The molecule has 0 spiro atoms. The van der Waals surface area contributed by atoms with Crippen molar-refractivity contribution in [2.45, 2.75) is 70.3 Å². The molecule has 2 saturated carbocycles. The van der Waals surface area contributed by atoms with Crippen LogP contribution in [0.4, 0.5) is 0 Å². The predicted octanol–water partition coefficient (Wildman–Crippen LogP) is 3.49. The Bertz CT molecular complexity index is 143. The lowest BCUT2D eigenvalue weighted by Crippen LogP contribution is -2.32. The molecule has 2 fully saturated rings. The minimum Gasteiger partial charge on any atom is -0.314 e. The van der Waals surface area contributed by atoms with Crippen molar-refractivity contribution in [2.75, 3.05) is 6.54 Å². The molecule has 0 aliphatic heterocycles. The molecular weight excluding hydrogens is 170 g/mol. The topological polar surface area (TPSA) is 12.0 Å². The van der Waals surface area contributed by atoms with Gasteiger partial charge >= 0.3 is 0 Å². The monoisotopic (exact) mass is 195 g/mol. The molecule has 0 amide bonds. The second kappa shape index (κ2) is 5.75. The summed E-state index contributed by atoms with van der Waals surface area (Å²) in [5.41, 5.74) is 0. The molecule has 2 aliphatic rings. The highest BCUT2D eigenvalue weighted by Crippen LogP contribution is 2.27. The fourth-order valence-electron chi connectivity index (χ4n) is 3.10. The SMILES string of the molecule is C1CCC(NCCC2CCCC2)CC1. The molecule has 0 heterocycles. The number of hydrogen-bond donors (Lipinski definition) is 1. The van der Waals surface area contributed by atoms with E-state index in [-0.39, 0.29) is 0 Å². The summed E-state index contributed by atoms with van der Waals surface area (Å²) in [6, 6.07) is 0.866. The Kier molecular flexibility index (Phi) is 4.30. The van der Waals surface area contributed by atoms with Crippen molar-refractivity contribution in [1.82, 2.24) is 5.32 Å². The summed E-state index contributed by atoms with van der Waals surface area (Å²) in [5.74, 6) is 1.06. The number of nitrogens with one attached hydrogen (secondary N) is 1. The van der Waals surface area contributed by atoms with Crippen LogP contribution in [0, 0.1) is 5.92 Å². The van der Waals surface area contributed by atoms with Crippen LogP contribution in [0.25, 0.3) is 0 Å². The molecule has 0 saturated heterocycles. The maximum atomic E-state index is 3.75. The Hall–Kier alpha value is -0.0400. The minimum absolute atomic E-state index is 0.866. The van der Waals surface area contributed by atoms with Gasteiger partial charge in [0.05, 0.1) is 0 Å². The molecule has 2 aliphatic carbocycles. The van der Waals surface area contributed by atoms with E-state index in [0.717, 1.165) is 12.0 Å². The highest BCUT2D eigenvalue weighted by molar-refractivity contribution is 4.74. The normalized spacial score (nSPS) is 25.7. The van der Waals surface area contributed by atoms with Gasteiger partial charge in [-0.15, -0.1) is 0 Å². The van der Waals surface area contributed by atoms with Crippen LogP contribution in [0.3, 0.4) is 0 Å². The van der Waals surface area contributed by atoms with Crippen molar-refractivity contribution in [1.29, 1.82) is 0 Å². The van der Waals surface area contributed by atoms with Crippen molar-refractivity contribution >= 4 is 0 Å². The van der Waals surface area contributed by atoms with Crippen LogP contribution >= 0.6 is 0 Å². The minimum atomic E-state index is 0.866.